The Hall–Kier alpha value is -4.07. The number of nitrogens with one attached hydrogen (secondary N) is 1. The van der Waals surface area contributed by atoms with Crippen molar-refractivity contribution in [2.45, 2.75) is 18.8 Å². The van der Waals surface area contributed by atoms with Crippen LogP contribution in [0.4, 0.5) is 4.39 Å². The largest absolute Gasteiger partial charge is 0.489 e. The van der Waals surface area contributed by atoms with Crippen LogP contribution < -0.4 is 19.5 Å². The molecule has 7 rings (SSSR count). The zero-order chi connectivity index (χ0) is 25.4. The molecule has 4 aliphatic heterocycles. The molecule has 0 radical (unpaired) electrons. The summed E-state index contributed by atoms with van der Waals surface area (Å²) in [6.45, 7) is 1.47. The molecule has 1 saturated heterocycles. The van der Waals surface area contributed by atoms with Gasteiger partial charge in [0.25, 0.3) is 5.91 Å². The zero-order valence-corrected chi connectivity index (χ0v) is 20.2. The Morgan fingerprint density at radius 2 is 1.95 bits per heavy atom. The molecule has 4 aliphatic rings. The van der Waals surface area contributed by atoms with Crippen LogP contribution in [0.1, 0.15) is 23.5 Å². The number of amides is 2. The summed E-state index contributed by atoms with van der Waals surface area (Å²) in [5.74, 6) is 1.79. The van der Waals surface area contributed by atoms with Crippen LogP contribution in [0.25, 0.3) is 0 Å². The summed E-state index contributed by atoms with van der Waals surface area (Å²) in [5.41, 5.74) is 1.50. The normalized spacial score (nSPS) is 22.2. The molecule has 1 fully saturated rings. The van der Waals surface area contributed by atoms with Gasteiger partial charge in [0.05, 0.1) is 6.61 Å². The lowest BCUT2D eigenvalue weighted by atomic mass is 9.73. The number of halogens is 1. The Kier molecular flexibility index (Phi) is 5.94. The van der Waals surface area contributed by atoms with Crippen molar-refractivity contribution in [1.82, 2.24) is 10.2 Å². The number of benzene rings is 3. The highest BCUT2D eigenvalue weighted by Crippen LogP contribution is 2.52. The summed E-state index contributed by atoms with van der Waals surface area (Å²) in [7, 11) is 0. The number of aryl methyl sites for hydroxylation is 1. The van der Waals surface area contributed by atoms with Crippen LogP contribution in [0.15, 0.2) is 66.7 Å². The highest BCUT2D eigenvalue weighted by atomic mass is 19.1. The van der Waals surface area contributed by atoms with Gasteiger partial charge in [-0.3, -0.25) is 9.59 Å². The van der Waals surface area contributed by atoms with Gasteiger partial charge in [-0.05, 0) is 54.4 Å². The third-order valence-corrected chi connectivity index (χ3v) is 7.47. The van der Waals surface area contributed by atoms with E-state index in [1.165, 1.54) is 24.3 Å². The molecule has 6 bridgehead atoms. The van der Waals surface area contributed by atoms with E-state index in [9.17, 15) is 14.0 Å². The van der Waals surface area contributed by atoms with E-state index in [2.05, 4.69) is 5.32 Å². The fourth-order valence-electron chi connectivity index (χ4n) is 5.50. The number of carbonyl (C=O) groups is 2. The Balaban J connectivity index is 1.29. The van der Waals surface area contributed by atoms with Crippen molar-refractivity contribution in [2.75, 3.05) is 32.8 Å². The van der Waals surface area contributed by atoms with Crippen LogP contribution in [-0.4, -0.2) is 49.6 Å². The number of likely N-dealkylation sites (tertiary alicyclic amines) is 1. The molecule has 190 valence electrons. The first-order valence-corrected chi connectivity index (χ1v) is 12.4. The third-order valence-electron chi connectivity index (χ3n) is 7.47. The number of hydrogen-bond acceptors (Lipinski definition) is 5. The number of nitrogens with zero attached hydrogens (tertiary/aromatic N) is 1. The van der Waals surface area contributed by atoms with E-state index in [-0.39, 0.29) is 30.2 Å². The van der Waals surface area contributed by atoms with Crippen molar-refractivity contribution in [3.05, 3.63) is 83.7 Å². The lowest BCUT2D eigenvalue weighted by Gasteiger charge is -2.39. The molecule has 7 nitrogen and oxygen atoms in total. The third kappa shape index (κ3) is 4.59. The maximum atomic E-state index is 13.2. The number of para-hydroxylation sites is 1. The van der Waals surface area contributed by atoms with E-state index in [4.69, 9.17) is 14.2 Å². The standard InChI is InChI=1S/C29H27FN2O5/c30-20-8-10-21(11-9-20)35-15-27(34)32-14-24-23-5-2-6-25-28(23)36-18-29(24,17-32)16-31-26(33)12-7-19-3-1-4-22(13-19)37-25/h1-6,8-11,13,24H,7,12,14-18H2,(H,31,33)/t24-,29+/m1/s1. The average Bonchev–Trinajstić information content (AvgIpc) is 3.31. The lowest BCUT2D eigenvalue weighted by molar-refractivity contribution is -0.132. The van der Waals surface area contributed by atoms with E-state index >= 15 is 0 Å². The molecule has 37 heavy (non-hydrogen) atoms. The summed E-state index contributed by atoms with van der Waals surface area (Å²) in [5, 5.41) is 3.11. The molecule has 0 saturated carbocycles. The number of ether oxygens (including phenoxy) is 3. The van der Waals surface area contributed by atoms with E-state index < -0.39 is 5.41 Å². The van der Waals surface area contributed by atoms with Gasteiger partial charge in [0.1, 0.15) is 17.3 Å². The summed E-state index contributed by atoms with van der Waals surface area (Å²) in [4.78, 5) is 27.7. The van der Waals surface area contributed by atoms with Gasteiger partial charge in [-0.2, -0.15) is 0 Å². The fourth-order valence-corrected chi connectivity index (χ4v) is 5.50. The SMILES string of the molecule is O=C1CCc2cccc(c2)Oc2cccc3c2OC[C@]2(CN1)CN(C(=O)COc1ccc(F)cc1)C[C@H]32. The molecule has 1 N–H and O–H groups in total. The van der Waals surface area contributed by atoms with Crippen molar-refractivity contribution in [3.8, 4) is 23.0 Å². The van der Waals surface area contributed by atoms with Crippen LogP contribution in [0.2, 0.25) is 0 Å². The van der Waals surface area contributed by atoms with Crippen molar-refractivity contribution in [2.24, 2.45) is 5.41 Å². The van der Waals surface area contributed by atoms with E-state index in [1.807, 2.05) is 42.5 Å². The topological polar surface area (TPSA) is 77.1 Å². The maximum absolute atomic E-state index is 13.2. The molecular formula is C29H27FN2O5. The second-order valence-corrected chi connectivity index (χ2v) is 9.92. The minimum Gasteiger partial charge on any atom is -0.489 e. The molecule has 4 heterocycles. The van der Waals surface area contributed by atoms with E-state index in [0.717, 1.165) is 11.1 Å². The molecule has 8 heteroatoms. The Morgan fingerprint density at radius 3 is 2.81 bits per heavy atom. The molecule has 3 aromatic rings. The molecule has 2 amide bonds. The van der Waals surface area contributed by atoms with Crippen molar-refractivity contribution in [3.63, 3.8) is 0 Å². The predicted octanol–water partition coefficient (Wildman–Crippen LogP) is 4.06. The molecule has 2 atom stereocenters. The molecule has 0 unspecified atom stereocenters. The smallest absolute Gasteiger partial charge is 0.260 e. The number of rotatable bonds is 3. The lowest BCUT2D eigenvalue weighted by Crippen LogP contribution is -2.48. The van der Waals surface area contributed by atoms with E-state index in [1.54, 1.807) is 4.90 Å². The summed E-state index contributed by atoms with van der Waals surface area (Å²) in [6.07, 6.45) is 0.962. The number of hydrogen-bond donors (Lipinski definition) is 1. The minimum absolute atomic E-state index is 0.0412. The van der Waals surface area contributed by atoms with Gasteiger partial charge in [-0.1, -0.05) is 24.3 Å². The molecule has 3 aromatic carbocycles. The van der Waals surface area contributed by atoms with Gasteiger partial charge in [-0.15, -0.1) is 0 Å². The van der Waals surface area contributed by atoms with Gasteiger partial charge in [0.2, 0.25) is 5.91 Å². The van der Waals surface area contributed by atoms with Crippen molar-refractivity contribution < 1.29 is 28.2 Å². The zero-order valence-electron chi connectivity index (χ0n) is 20.2. The highest BCUT2D eigenvalue weighted by Gasteiger charge is 2.53. The maximum Gasteiger partial charge on any atom is 0.260 e. The number of fused-ring (bicyclic) bond motifs is 5. The fraction of sp³-hybridized carbons (Fsp3) is 0.310. The summed E-state index contributed by atoms with van der Waals surface area (Å²) in [6, 6.07) is 19.2. The molecule has 1 spiro atoms. The first kappa shape index (κ1) is 23.3. The van der Waals surface area contributed by atoms with Gasteiger partial charge in [0, 0.05) is 43.0 Å². The quantitative estimate of drug-likeness (QED) is 0.585. The van der Waals surface area contributed by atoms with Gasteiger partial charge in [0.15, 0.2) is 18.1 Å². The van der Waals surface area contributed by atoms with Crippen LogP contribution in [0, 0.1) is 11.2 Å². The summed E-state index contributed by atoms with van der Waals surface area (Å²) >= 11 is 0. The first-order valence-electron chi connectivity index (χ1n) is 12.4. The predicted molar refractivity (Wildman–Crippen MR) is 133 cm³/mol. The van der Waals surface area contributed by atoms with Crippen LogP contribution in [0.3, 0.4) is 0 Å². The average molecular weight is 503 g/mol. The van der Waals surface area contributed by atoms with Crippen LogP contribution >= 0.6 is 0 Å². The summed E-state index contributed by atoms with van der Waals surface area (Å²) < 4.78 is 31.4. The van der Waals surface area contributed by atoms with Crippen LogP contribution in [-0.2, 0) is 16.0 Å². The number of carbonyl (C=O) groups excluding carboxylic acids is 2. The van der Waals surface area contributed by atoms with Crippen LogP contribution in [0.5, 0.6) is 23.0 Å². The first-order chi connectivity index (χ1) is 18.0. The molecular weight excluding hydrogens is 475 g/mol. The van der Waals surface area contributed by atoms with Crippen molar-refractivity contribution >= 4 is 11.8 Å². The second-order valence-electron chi connectivity index (χ2n) is 9.92. The van der Waals surface area contributed by atoms with Gasteiger partial charge < -0.3 is 24.4 Å². The Labute approximate surface area is 214 Å². The second kappa shape index (κ2) is 9.42. The minimum atomic E-state index is -0.481. The van der Waals surface area contributed by atoms with Crippen molar-refractivity contribution in [1.29, 1.82) is 0 Å². The van der Waals surface area contributed by atoms with Gasteiger partial charge in [-0.25, -0.2) is 4.39 Å². The molecule has 0 aliphatic carbocycles. The monoisotopic (exact) mass is 502 g/mol. The van der Waals surface area contributed by atoms with Gasteiger partial charge >= 0.3 is 0 Å². The highest BCUT2D eigenvalue weighted by molar-refractivity contribution is 5.79. The Bertz CT molecular complexity index is 1340. The Morgan fingerprint density at radius 1 is 1.11 bits per heavy atom. The van der Waals surface area contributed by atoms with E-state index in [0.29, 0.717) is 62.1 Å². The molecule has 0 aromatic heterocycles.